The number of nitrogens with zero attached hydrogens (tertiary/aromatic N) is 1. The first-order chi connectivity index (χ1) is 12.5. The summed E-state index contributed by atoms with van der Waals surface area (Å²) >= 11 is 5.06. The Hall–Kier alpha value is -1.79. The summed E-state index contributed by atoms with van der Waals surface area (Å²) in [6.45, 7) is 2.18. The summed E-state index contributed by atoms with van der Waals surface area (Å²) in [5.41, 5.74) is 0.994. The van der Waals surface area contributed by atoms with Gasteiger partial charge in [0.1, 0.15) is 6.04 Å². The quantitative estimate of drug-likeness (QED) is 0.636. The molecule has 0 spiro atoms. The number of carbonyl (C=O) groups is 2. The number of amides is 2. The second-order valence-corrected chi connectivity index (χ2v) is 7.93. The number of hydrogen-bond donors (Lipinski definition) is 1. The minimum Gasteiger partial charge on any atom is -0.357 e. The highest BCUT2D eigenvalue weighted by Gasteiger charge is 2.25. The lowest BCUT2D eigenvalue weighted by Crippen LogP contribution is -2.46. The maximum absolute atomic E-state index is 12.8. The molecule has 0 bridgehead atoms. The van der Waals surface area contributed by atoms with Gasteiger partial charge in [0.15, 0.2) is 0 Å². The van der Waals surface area contributed by atoms with Crippen molar-refractivity contribution in [2.45, 2.75) is 30.8 Å². The van der Waals surface area contributed by atoms with Crippen molar-refractivity contribution in [3.8, 4) is 0 Å². The van der Waals surface area contributed by atoms with Gasteiger partial charge in [-0.05, 0) is 36.8 Å². The van der Waals surface area contributed by atoms with E-state index in [4.69, 9.17) is 0 Å². The van der Waals surface area contributed by atoms with Crippen LogP contribution in [0, 0.1) is 0 Å². The van der Waals surface area contributed by atoms with Gasteiger partial charge in [0.25, 0.3) is 0 Å². The summed E-state index contributed by atoms with van der Waals surface area (Å²) in [4.78, 5) is 27.7. The smallest absolute Gasteiger partial charge is 0.242 e. The Morgan fingerprint density at radius 2 is 1.77 bits per heavy atom. The van der Waals surface area contributed by atoms with Crippen molar-refractivity contribution in [1.82, 2.24) is 10.2 Å². The highest BCUT2D eigenvalue weighted by atomic mass is 79.9. The molecule has 6 heteroatoms. The van der Waals surface area contributed by atoms with Crippen LogP contribution in [0.2, 0.25) is 0 Å². The number of hydrogen-bond acceptors (Lipinski definition) is 3. The van der Waals surface area contributed by atoms with Crippen LogP contribution in [-0.2, 0) is 16.1 Å². The van der Waals surface area contributed by atoms with Crippen LogP contribution in [-0.4, -0.2) is 35.6 Å². The lowest BCUT2D eigenvalue weighted by molar-refractivity contribution is -0.140. The third kappa shape index (κ3) is 6.18. The van der Waals surface area contributed by atoms with Crippen LogP contribution in [0.1, 0.15) is 18.9 Å². The standard InChI is InChI=1S/C20H23BrN2O2S/c1-15(20(25)22-2)23(14-16-8-10-17(21)11-9-16)19(24)12-13-26-18-6-4-3-5-7-18/h3-11,15H,12-14H2,1-2H3,(H,22,25)/t15-/m1/s1. The zero-order valence-electron chi connectivity index (χ0n) is 14.9. The molecule has 0 saturated carbocycles. The molecule has 2 rings (SSSR count). The summed E-state index contributed by atoms with van der Waals surface area (Å²) in [6, 6.07) is 17.3. The maximum atomic E-state index is 12.8. The summed E-state index contributed by atoms with van der Waals surface area (Å²) in [7, 11) is 1.59. The minimum atomic E-state index is -0.516. The predicted octanol–water partition coefficient (Wildman–Crippen LogP) is 4.09. The normalized spacial score (nSPS) is 11.7. The Bertz CT molecular complexity index is 722. The SMILES string of the molecule is CNC(=O)[C@@H](C)N(Cc1ccc(Br)cc1)C(=O)CCSc1ccccc1. The Morgan fingerprint density at radius 1 is 1.12 bits per heavy atom. The highest BCUT2D eigenvalue weighted by Crippen LogP contribution is 2.20. The molecule has 0 aromatic heterocycles. The molecule has 0 aliphatic carbocycles. The van der Waals surface area contributed by atoms with Crippen molar-refractivity contribution >= 4 is 39.5 Å². The molecule has 0 unspecified atom stereocenters. The molecule has 26 heavy (non-hydrogen) atoms. The fraction of sp³-hybridized carbons (Fsp3) is 0.300. The van der Waals surface area contributed by atoms with Gasteiger partial charge in [-0.2, -0.15) is 0 Å². The Morgan fingerprint density at radius 3 is 2.38 bits per heavy atom. The van der Waals surface area contributed by atoms with Crippen molar-refractivity contribution in [1.29, 1.82) is 0 Å². The van der Waals surface area contributed by atoms with Crippen molar-refractivity contribution < 1.29 is 9.59 Å². The molecule has 1 atom stereocenters. The molecule has 2 aromatic rings. The number of thioether (sulfide) groups is 1. The van der Waals surface area contributed by atoms with Gasteiger partial charge in [-0.1, -0.05) is 46.3 Å². The molecule has 2 amide bonds. The molecule has 0 saturated heterocycles. The van der Waals surface area contributed by atoms with E-state index >= 15 is 0 Å². The third-order valence-corrected chi connectivity index (χ3v) is 5.55. The second kappa shape index (κ2) is 10.4. The maximum Gasteiger partial charge on any atom is 0.242 e. The molecule has 0 aliphatic rings. The average molecular weight is 435 g/mol. The fourth-order valence-corrected chi connectivity index (χ4v) is 3.62. The molecule has 0 heterocycles. The Labute approximate surface area is 167 Å². The van der Waals surface area contributed by atoms with E-state index in [1.807, 2.05) is 54.6 Å². The average Bonchev–Trinajstić information content (AvgIpc) is 2.67. The number of nitrogens with one attached hydrogen (secondary N) is 1. The van der Waals surface area contributed by atoms with Gasteiger partial charge in [0.05, 0.1) is 0 Å². The predicted molar refractivity (Wildman–Crippen MR) is 110 cm³/mol. The molecule has 0 radical (unpaired) electrons. The van der Waals surface area contributed by atoms with Crippen LogP contribution in [0.25, 0.3) is 0 Å². The summed E-state index contributed by atoms with van der Waals surface area (Å²) in [5, 5.41) is 2.63. The van der Waals surface area contributed by atoms with Gasteiger partial charge in [0, 0.05) is 35.1 Å². The second-order valence-electron chi connectivity index (χ2n) is 5.85. The number of benzene rings is 2. The van der Waals surface area contributed by atoms with Crippen LogP contribution in [0.3, 0.4) is 0 Å². The number of carbonyl (C=O) groups excluding carboxylic acids is 2. The van der Waals surface area contributed by atoms with Crippen LogP contribution in [0.15, 0.2) is 64.0 Å². The van der Waals surface area contributed by atoms with Crippen molar-refractivity contribution in [3.05, 3.63) is 64.6 Å². The third-order valence-electron chi connectivity index (χ3n) is 4.01. The van der Waals surface area contributed by atoms with Crippen LogP contribution in [0.4, 0.5) is 0 Å². The summed E-state index contributed by atoms with van der Waals surface area (Å²) in [6.07, 6.45) is 0.386. The van der Waals surface area contributed by atoms with Gasteiger partial charge in [-0.3, -0.25) is 9.59 Å². The Balaban J connectivity index is 2.02. The lowest BCUT2D eigenvalue weighted by Gasteiger charge is -2.28. The molecule has 0 aliphatic heterocycles. The van der Waals surface area contributed by atoms with E-state index in [0.717, 1.165) is 14.9 Å². The van der Waals surface area contributed by atoms with E-state index in [-0.39, 0.29) is 11.8 Å². The lowest BCUT2D eigenvalue weighted by atomic mass is 10.1. The van der Waals surface area contributed by atoms with E-state index in [1.54, 1.807) is 30.6 Å². The van der Waals surface area contributed by atoms with Crippen LogP contribution >= 0.6 is 27.7 Å². The minimum absolute atomic E-state index is 0.0209. The van der Waals surface area contributed by atoms with Gasteiger partial charge in [-0.15, -0.1) is 11.8 Å². The largest absolute Gasteiger partial charge is 0.357 e. The first-order valence-electron chi connectivity index (χ1n) is 8.44. The van der Waals surface area contributed by atoms with E-state index in [1.165, 1.54) is 0 Å². The number of rotatable bonds is 8. The van der Waals surface area contributed by atoms with Crippen LogP contribution in [0.5, 0.6) is 0 Å². The van der Waals surface area contributed by atoms with Crippen molar-refractivity contribution in [2.75, 3.05) is 12.8 Å². The molecule has 0 fully saturated rings. The van der Waals surface area contributed by atoms with Gasteiger partial charge in [0.2, 0.25) is 11.8 Å². The topological polar surface area (TPSA) is 49.4 Å². The van der Waals surface area contributed by atoms with Crippen LogP contribution < -0.4 is 5.32 Å². The van der Waals surface area contributed by atoms with Gasteiger partial charge in [-0.25, -0.2) is 0 Å². The molecule has 138 valence electrons. The van der Waals surface area contributed by atoms with E-state index in [0.29, 0.717) is 18.7 Å². The number of likely N-dealkylation sites (N-methyl/N-ethyl adjacent to an activating group) is 1. The number of halogens is 1. The van der Waals surface area contributed by atoms with E-state index in [2.05, 4.69) is 21.2 Å². The van der Waals surface area contributed by atoms with Crippen molar-refractivity contribution in [3.63, 3.8) is 0 Å². The molecule has 1 N–H and O–H groups in total. The first kappa shape index (κ1) is 20.5. The molecular weight excluding hydrogens is 412 g/mol. The van der Waals surface area contributed by atoms with Crippen molar-refractivity contribution in [2.24, 2.45) is 0 Å². The molecular formula is C20H23BrN2O2S. The van der Waals surface area contributed by atoms with E-state index < -0.39 is 6.04 Å². The first-order valence-corrected chi connectivity index (χ1v) is 10.2. The Kier molecular flexibility index (Phi) is 8.19. The monoisotopic (exact) mass is 434 g/mol. The zero-order valence-corrected chi connectivity index (χ0v) is 17.3. The van der Waals surface area contributed by atoms with E-state index in [9.17, 15) is 9.59 Å². The fourth-order valence-electron chi connectivity index (χ4n) is 2.49. The summed E-state index contributed by atoms with van der Waals surface area (Å²) in [5.74, 6) is 0.499. The van der Waals surface area contributed by atoms with Gasteiger partial charge >= 0.3 is 0 Å². The molecule has 4 nitrogen and oxygen atoms in total. The summed E-state index contributed by atoms with van der Waals surface area (Å²) < 4.78 is 0.984. The zero-order chi connectivity index (χ0) is 18.9. The molecule has 2 aromatic carbocycles. The highest BCUT2D eigenvalue weighted by molar-refractivity contribution is 9.10. The van der Waals surface area contributed by atoms with Gasteiger partial charge < -0.3 is 10.2 Å².